The van der Waals surface area contributed by atoms with E-state index in [1.807, 2.05) is 43.3 Å². The third-order valence-electron chi connectivity index (χ3n) is 6.68. The first-order valence-electron chi connectivity index (χ1n) is 12.2. The number of para-hydroxylation sites is 2. The number of ether oxygens (including phenoxy) is 1. The van der Waals surface area contributed by atoms with Gasteiger partial charge in [0.1, 0.15) is 22.9 Å². The van der Waals surface area contributed by atoms with Crippen molar-refractivity contribution < 1.29 is 9.53 Å². The van der Waals surface area contributed by atoms with E-state index in [9.17, 15) is 4.79 Å². The third-order valence-corrected chi connectivity index (χ3v) is 6.68. The Morgan fingerprint density at radius 3 is 2.46 bits per heavy atom. The van der Waals surface area contributed by atoms with Crippen LogP contribution in [-0.2, 0) is 0 Å². The number of carbonyl (C=O) groups excluding carboxylic acids is 1. The lowest BCUT2D eigenvalue weighted by Gasteiger charge is -2.30. The molecule has 4 aromatic rings. The second-order valence-corrected chi connectivity index (χ2v) is 9.25. The average Bonchev–Trinajstić information content (AvgIpc) is 2.87. The summed E-state index contributed by atoms with van der Waals surface area (Å²) in [6.07, 6.45) is 6.97. The summed E-state index contributed by atoms with van der Waals surface area (Å²) in [6, 6.07) is 20.3. The van der Waals surface area contributed by atoms with Crippen molar-refractivity contribution >= 4 is 22.6 Å². The maximum absolute atomic E-state index is 13.1. The molecule has 6 heteroatoms. The van der Waals surface area contributed by atoms with Crippen LogP contribution in [0.3, 0.4) is 0 Å². The molecule has 0 unspecified atom stereocenters. The van der Waals surface area contributed by atoms with Crippen molar-refractivity contribution in [2.75, 3.05) is 5.32 Å². The van der Waals surface area contributed by atoms with Crippen molar-refractivity contribution in [1.29, 1.82) is 0 Å². The normalized spacial score (nSPS) is 17.7. The first kappa shape index (κ1) is 22.8. The molecule has 2 heterocycles. The van der Waals surface area contributed by atoms with Gasteiger partial charge in [0, 0.05) is 29.9 Å². The van der Waals surface area contributed by atoms with Crippen LogP contribution in [0, 0.1) is 13.8 Å². The van der Waals surface area contributed by atoms with Crippen molar-refractivity contribution in [2.24, 2.45) is 0 Å². The van der Waals surface area contributed by atoms with E-state index in [4.69, 9.17) is 9.72 Å². The van der Waals surface area contributed by atoms with Gasteiger partial charge in [-0.05, 0) is 74.9 Å². The summed E-state index contributed by atoms with van der Waals surface area (Å²) in [7, 11) is 0. The van der Waals surface area contributed by atoms with Crippen LogP contribution >= 0.6 is 0 Å². The number of amides is 1. The highest BCUT2D eigenvalue weighted by Crippen LogP contribution is 2.28. The summed E-state index contributed by atoms with van der Waals surface area (Å²) in [5.74, 6) is 2.02. The monoisotopic (exact) mass is 466 g/mol. The second kappa shape index (κ2) is 10.1. The Morgan fingerprint density at radius 2 is 1.63 bits per heavy atom. The van der Waals surface area contributed by atoms with E-state index in [2.05, 4.69) is 40.7 Å². The highest BCUT2D eigenvalue weighted by molar-refractivity contribution is 5.96. The molecule has 1 fully saturated rings. The first-order chi connectivity index (χ1) is 17.1. The van der Waals surface area contributed by atoms with Gasteiger partial charge in [-0.25, -0.2) is 4.98 Å². The number of aryl methyl sites for hydroxylation is 2. The van der Waals surface area contributed by atoms with Gasteiger partial charge in [-0.3, -0.25) is 9.78 Å². The van der Waals surface area contributed by atoms with Crippen molar-refractivity contribution in [3.63, 3.8) is 0 Å². The molecule has 0 saturated heterocycles. The molecular weight excluding hydrogens is 436 g/mol. The molecule has 0 aliphatic heterocycles. The van der Waals surface area contributed by atoms with Gasteiger partial charge < -0.3 is 15.4 Å². The van der Waals surface area contributed by atoms with E-state index < -0.39 is 0 Å². The fourth-order valence-corrected chi connectivity index (χ4v) is 4.71. The van der Waals surface area contributed by atoms with Gasteiger partial charge >= 0.3 is 0 Å². The van der Waals surface area contributed by atoms with Crippen LogP contribution in [0.1, 0.15) is 47.2 Å². The lowest BCUT2D eigenvalue weighted by molar-refractivity contribution is 0.0924. The molecule has 2 aromatic carbocycles. The fraction of sp³-hybridized carbons (Fsp3) is 0.276. The second-order valence-electron chi connectivity index (χ2n) is 9.25. The maximum atomic E-state index is 13.1. The van der Waals surface area contributed by atoms with Crippen LogP contribution in [0.15, 0.2) is 73.1 Å². The first-order valence-corrected chi connectivity index (χ1v) is 12.2. The molecule has 1 aliphatic carbocycles. The smallest absolute Gasteiger partial charge is 0.256 e. The molecule has 6 nitrogen and oxygen atoms in total. The van der Waals surface area contributed by atoms with Crippen LogP contribution in [0.4, 0.5) is 5.82 Å². The highest BCUT2D eigenvalue weighted by Gasteiger charge is 2.24. The number of hydrogen-bond donors (Lipinski definition) is 2. The summed E-state index contributed by atoms with van der Waals surface area (Å²) >= 11 is 0. The van der Waals surface area contributed by atoms with Gasteiger partial charge in [0.15, 0.2) is 0 Å². The molecular formula is C29H30N4O2. The quantitative estimate of drug-likeness (QED) is 0.354. The zero-order valence-electron chi connectivity index (χ0n) is 20.1. The number of rotatable bonds is 6. The molecule has 2 aromatic heterocycles. The Balaban J connectivity index is 1.19. The standard InChI is InChI=1S/C29H30N4O2/c1-19-7-3-6-10-26(19)35-27-15-16-30-18-24(27)29(34)32-22-13-11-21(12-14-22)31-28-17-20(2)23-8-4-5-9-25(23)33-28/h3-10,15-18,21-22H,11-14H2,1-2H3,(H,31,33)(H,32,34)/t21-,22+. The number of fused-ring (bicyclic) bond motifs is 1. The molecule has 178 valence electrons. The predicted molar refractivity (Wildman–Crippen MR) is 139 cm³/mol. The van der Waals surface area contributed by atoms with Gasteiger partial charge in [0.2, 0.25) is 0 Å². The van der Waals surface area contributed by atoms with Crippen molar-refractivity contribution in [3.05, 3.63) is 89.7 Å². The molecule has 0 atom stereocenters. The van der Waals surface area contributed by atoms with Crippen LogP contribution in [0.25, 0.3) is 10.9 Å². The van der Waals surface area contributed by atoms with Crippen molar-refractivity contribution in [1.82, 2.24) is 15.3 Å². The van der Waals surface area contributed by atoms with Crippen molar-refractivity contribution in [2.45, 2.75) is 51.6 Å². The minimum absolute atomic E-state index is 0.123. The Hall–Kier alpha value is -3.93. The summed E-state index contributed by atoms with van der Waals surface area (Å²) in [4.78, 5) is 22.0. The molecule has 0 bridgehead atoms. The zero-order valence-corrected chi connectivity index (χ0v) is 20.1. The molecule has 5 rings (SSSR count). The molecule has 1 saturated carbocycles. The number of carbonyl (C=O) groups is 1. The molecule has 0 spiro atoms. The van der Waals surface area contributed by atoms with Gasteiger partial charge in [-0.15, -0.1) is 0 Å². The number of hydrogen-bond acceptors (Lipinski definition) is 5. The average molecular weight is 467 g/mol. The fourth-order valence-electron chi connectivity index (χ4n) is 4.71. The Morgan fingerprint density at radius 1 is 0.886 bits per heavy atom. The lowest BCUT2D eigenvalue weighted by Crippen LogP contribution is -2.40. The van der Waals surface area contributed by atoms with E-state index in [0.717, 1.165) is 48.3 Å². The molecule has 1 aliphatic rings. The van der Waals surface area contributed by atoms with E-state index in [-0.39, 0.29) is 11.9 Å². The number of aromatic nitrogens is 2. The Bertz CT molecular complexity index is 1350. The van der Waals surface area contributed by atoms with Crippen LogP contribution in [0.2, 0.25) is 0 Å². The van der Waals surface area contributed by atoms with Crippen LogP contribution in [-0.4, -0.2) is 28.0 Å². The minimum atomic E-state index is -0.148. The van der Waals surface area contributed by atoms with Crippen LogP contribution < -0.4 is 15.4 Å². The van der Waals surface area contributed by atoms with Gasteiger partial charge in [-0.1, -0.05) is 36.4 Å². The SMILES string of the molecule is Cc1ccccc1Oc1ccncc1C(=O)N[C@H]1CC[C@@H](Nc2cc(C)c3ccccc3n2)CC1. The van der Waals surface area contributed by atoms with E-state index >= 15 is 0 Å². The number of nitrogens with zero attached hydrogens (tertiary/aromatic N) is 2. The summed E-state index contributed by atoms with van der Waals surface area (Å²) in [5, 5.41) is 7.98. The maximum Gasteiger partial charge on any atom is 0.256 e. The number of pyridine rings is 2. The van der Waals surface area contributed by atoms with E-state index in [1.165, 1.54) is 10.9 Å². The third kappa shape index (κ3) is 5.27. The number of benzene rings is 2. The molecule has 2 N–H and O–H groups in total. The summed E-state index contributed by atoms with van der Waals surface area (Å²) in [6.45, 7) is 4.11. The lowest BCUT2D eigenvalue weighted by atomic mass is 9.91. The Labute approximate surface area is 205 Å². The molecule has 0 radical (unpaired) electrons. The molecule has 35 heavy (non-hydrogen) atoms. The van der Waals surface area contributed by atoms with Crippen LogP contribution in [0.5, 0.6) is 11.5 Å². The number of anilines is 1. The number of nitrogens with one attached hydrogen (secondary N) is 2. The largest absolute Gasteiger partial charge is 0.456 e. The summed E-state index contributed by atoms with van der Waals surface area (Å²) < 4.78 is 6.06. The molecule has 1 amide bonds. The van der Waals surface area contributed by atoms with E-state index in [0.29, 0.717) is 17.4 Å². The van der Waals surface area contributed by atoms with Gasteiger partial charge in [-0.2, -0.15) is 0 Å². The van der Waals surface area contributed by atoms with Crippen molar-refractivity contribution in [3.8, 4) is 11.5 Å². The zero-order chi connectivity index (χ0) is 24.2. The Kier molecular flexibility index (Phi) is 6.62. The predicted octanol–water partition coefficient (Wildman–Crippen LogP) is 6.19. The van der Waals surface area contributed by atoms with Gasteiger partial charge in [0.25, 0.3) is 5.91 Å². The minimum Gasteiger partial charge on any atom is -0.456 e. The highest BCUT2D eigenvalue weighted by atomic mass is 16.5. The topological polar surface area (TPSA) is 76.1 Å². The van der Waals surface area contributed by atoms with E-state index in [1.54, 1.807) is 18.5 Å². The van der Waals surface area contributed by atoms with Gasteiger partial charge in [0.05, 0.1) is 5.52 Å². The summed E-state index contributed by atoms with van der Waals surface area (Å²) in [5.41, 5.74) is 3.69.